The van der Waals surface area contributed by atoms with E-state index in [1.165, 1.54) is 0 Å². The van der Waals surface area contributed by atoms with Gasteiger partial charge in [-0.05, 0) is 11.5 Å². The van der Waals surface area contributed by atoms with Gasteiger partial charge in [-0.1, -0.05) is 23.2 Å². The minimum atomic E-state index is -1.54. The molecular weight excluding hydrogens is 326 g/mol. The van der Waals surface area contributed by atoms with Crippen LogP contribution in [-0.2, 0) is 0 Å². The van der Waals surface area contributed by atoms with Crippen molar-refractivity contribution in [2.75, 3.05) is 7.11 Å². The second-order valence-electron chi connectivity index (χ2n) is 3.32. The van der Waals surface area contributed by atoms with Gasteiger partial charge in [-0.25, -0.2) is 12.7 Å². The summed E-state index contributed by atoms with van der Waals surface area (Å²) >= 11 is 11.7. The Morgan fingerprint density at radius 3 is 2.37 bits per heavy atom. The van der Waals surface area contributed by atoms with Crippen LogP contribution >= 0.6 is 34.7 Å². The number of methoxy groups -OCH3 is 1. The van der Waals surface area contributed by atoms with E-state index >= 15 is 0 Å². The highest BCUT2D eigenvalue weighted by atomic mass is 35.5. The fourth-order valence-corrected chi connectivity index (χ4v) is 2.65. The van der Waals surface area contributed by atoms with Gasteiger partial charge < -0.3 is 4.74 Å². The van der Waals surface area contributed by atoms with Gasteiger partial charge in [-0.3, -0.25) is 4.79 Å². The van der Waals surface area contributed by atoms with Crippen LogP contribution in [0, 0.1) is 17.5 Å². The number of benzene rings is 1. The molecule has 102 valence electrons. The lowest BCUT2D eigenvalue weighted by atomic mass is 10.2. The molecule has 2 rings (SSSR count). The van der Waals surface area contributed by atoms with Crippen LogP contribution in [0.5, 0.6) is 5.75 Å². The molecule has 19 heavy (non-hydrogen) atoms. The van der Waals surface area contributed by atoms with Crippen LogP contribution in [0.25, 0.3) is 5.69 Å². The molecule has 0 radical (unpaired) electrons. The van der Waals surface area contributed by atoms with E-state index in [1.807, 2.05) is 0 Å². The van der Waals surface area contributed by atoms with Gasteiger partial charge in [0.25, 0.3) is 5.56 Å². The highest BCUT2D eigenvalue weighted by Crippen LogP contribution is 2.31. The van der Waals surface area contributed by atoms with Gasteiger partial charge in [0, 0.05) is 6.07 Å². The average molecular weight is 330 g/mol. The minimum Gasteiger partial charge on any atom is -0.491 e. The number of rotatable bonds is 2. The first-order chi connectivity index (χ1) is 8.88. The fourth-order valence-electron chi connectivity index (χ4n) is 1.39. The fraction of sp³-hybridized carbons (Fsp3) is 0.100. The highest BCUT2D eigenvalue weighted by molar-refractivity contribution is 7.12. The quantitative estimate of drug-likeness (QED) is 0.788. The Morgan fingerprint density at radius 1 is 1.26 bits per heavy atom. The third kappa shape index (κ3) is 2.22. The predicted molar refractivity (Wildman–Crippen MR) is 66.4 cm³/mol. The van der Waals surface area contributed by atoms with Crippen molar-refractivity contribution < 1.29 is 17.9 Å². The SMILES string of the molecule is COc1c(F)cc(-n2sc(Cl)c(Cl)c2=O)c(F)c1F. The third-order valence-corrected chi connectivity index (χ3v) is 4.10. The molecule has 0 aliphatic heterocycles. The lowest BCUT2D eigenvalue weighted by Crippen LogP contribution is -2.14. The summed E-state index contributed by atoms with van der Waals surface area (Å²) in [5, 5.41) is -0.345. The van der Waals surface area contributed by atoms with E-state index in [0.717, 1.165) is 7.11 Å². The molecule has 0 saturated heterocycles. The van der Waals surface area contributed by atoms with Crippen LogP contribution in [0.15, 0.2) is 10.9 Å². The van der Waals surface area contributed by atoms with Gasteiger partial charge in [0.2, 0.25) is 5.82 Å². The average Bonchev–Trinajstić information content (AvgIpc) is 2.62. The van der Waals surface area contributed by atoms with Crippen LogP contribution in [0.3, 0.4) is 0 Å². The molecule has 0 bridgehead atoms. The van der Waals surface area contributed by atoms with Crippen LogP contribution in [0.4, 0.5) is 13.2 Å². The minimum absolute atomic E-state index is 0.109. The first-order valence-corrected chi connectivity index (χ1v) is 6.20. The standard InChI is InChI=1S/C10H4Cl2F3NO2S/c1-18-8-3(13)2-4(6(14)7(8)15)16-10(17)5(11)9(12)19-16/h2H,1H3. The molecule has 2 aromatic rings. The Kier molecular flexibility index (Phi) is 3.80. The highest BCUT2D eigenvalue weighted by Gasteiger charge is 2.23. The zero-order chi connectivity index (χ0) is 14.3. The molecule has 0 aliphatic carbocycles. The monoisotopic (exact) mass is 329 g/mol. The first-order valence-electron chi connectivity index (χ1n) is 4.67. The second-order valence-corrected chi connectivity index (χ2v) is 5.25. The molecule has 1 heterocycles. The summed E-state index contributed by atoms with van der Waals surface area (Å²) in [5.74, 6) is -4.99. The number of aromatic nitrogens is 1. The van der Waals surface area contributed by atoms with Gasteiger partial charge >= 0.3 is 0 Å². The van der Waals surface area contributed by atoms with Gasteiger partial charge in [0.05, 0.1) is 7.11 Å². The summed E-state index contributed by atoms with van der Waals surface area (Å²) in [6.45, 7) is 0. The normalized spacial score (nSPS) is 10.8. The molecule has 3 nitrogen and oxygen atoms in total. The Morgan fingerprint density at radius 2 is 1.89 bits per heavy atom. The van der Waals surface area contributed by atoms with Crippen molar-refractivity contribution in [2.24, 2.45) is 0 Å². The molecule has 0 amide bonds. The summed E-state index contributed by atoms with van der Waals surface area (Å²) in [6.07, 6.45) is 0. The molecule has 0 atom stereocenters. The van der Waals surface area contributed by atoms with Crippen LogP contribution < -0.4 is 10.3 Å². The van der Waals surface area contributed by atoms with E-state index in [1.54, 1.807) is 0 Å². The van der Waals surface area contributed by atoms with Crippen LogP contribution in [0.2, 0.25) is 9.36 Å². The van der Waals surface area contributed by atoms with E-state index in [0.29, 0.717) is 21.6 Å². The van der Waals surface area contributed by atoms with Crippen molar-refractivity contribution in [1.29, 1.82) is 0 Å². The van der Waals surface area contributed by atoms with Crippen LogP contribution in [0.1, 0.15) is 0 Å². The van der Waals surface area contributed by atoms with Crippen molar-refractivity contribution in [1.82, 2.24) is 3.96 Å². The second kappa shape index (κ2) is 5.07. The van der Waals surface area contributed by atoms with Gasteiger partial charge in [0.1, 0.15) is 15.0 Å². The summed E-state index contributed by atoms with van der Waals surface area (Å²) in [6, 6.07) is 0.627. The molecular formula is C10H4Cl2F3NO2S. The summed E-state index contributed by atoms with van der Waals surface area (Å²) < 4.78 is 45.7. The summed E-state index contributed by atoms with van der Waals surface area (Å²) in [4.78, 5) is 11.6. The Balaban J connectivity index is 2.77. The molecule has 9 heteroatoms. The number of ether oxygens (including phenoxy) is 1. The summed E-state index contributed by atoms with van der Waals surface area (Å²) in [5.41, 5.74) is -1.49. The van der Waals surface area contributed by atoms with Gasteiger partial charge in [-0.2, -0.15) is 4.39 Å². The summed E-state index contributed by atoms with van der Waals surface area (Å²) in [7, 11) is 0.992. The Bertz CT molecular complexity index is 714. The molecule has 0 aliphatic rings. The number of halogens is 5. The molecule has 0 fully saturated rings. The van der Waals surface area contributed by atoms with Gasteiger partial charge in [0.15, 0.2) is 17.4 Å². The topological polar surface area (TPSA) is 31.2 Å². The number of hydrogen-bond donors (Lipinski definition) is 0. The first kappa shape index (κ1) is 14.2. The van der Waals surface area contributed by atoms with E-state index in [-0.39, 0.29) is 9.36 Å². The van der Waals surface area contributed by atoms with E-state index in [2.05, 4.69) is 4.74 Å². The maximum Gasteiger partial charge on any atom is 0.285 e. The molecule has 0 saturated carbocycles. The Labute approximate surface area is 118 Å². The van der Waals surface area contributed by atoms with Crippen molar-refractivity contribution in [3.8, 4) is 11.4 Å². The van der Waals surface area contributed by atoms with Crippen molar-refractivity contribution in [3.05, 3.63) is 43.2 Å². The van der Waals surface area contributed by atoms with Crippen molar-refractivity contribution in [2.45, 2.75) is 0 Å². The molecule has 0 N–H and O–H groups in total. The predicted octanol–water partition coefficient (Wildman–Crippen LogP) is 3.63. The largest absolute Gasteiger partial charge is 0.491 e. The number of nitrogens with zero attached hydrogens (tertiary/aromatic N) is 1. The lowest BCUT2D eigenvalue weighted by Gasteiger charge is -2.08. The maximum absolute atomic E-state index is 13.8. The molecule has 0 unspecified atom stereocenters. The Hall–Kier alpha value is -1.18. The van der Waals surface area contributed by atoms with E-state index in [4.69, 9.17) is 23.2 Å². The molecule has 1 aromatic carbocycles. The van der Waals surface area contributed by atoms with Crippen molar-refractivity contribution in [3.63, 3.8) is 0 Å². The van der Waals surface area contributed by atoms with E-state index < -0.39 is 34.4 Å². The zero-order valence-electron chi connectivity index (χ0n) is 9.14. The smallest absolute Gasteiger partial charge is 0.285 e. The number of hydrogen-bond acceptors (Lipinski definition) is 3. The molecule has 1 aromatic heterocycles. The third-order valence-electron chi connectivity index (χ3n) is 2.24. The lowest BCUT2D eigenvalue weighted by molar-refractivity contribution is 0.346. The van der Waals surface area contributed by atoms with Crippen molar-refractivity contribution >= 4 is 34.7 Å². The zero-order valence-corrected chi connectivity index (χ0v) is 11.5. The van der Waals surface area contributed by atoms with Crippen LogP contribution in [-0.4, -0.2) is 11.1 Å². The van der Waals surface area contributed by atoms with E-state index in [9.17, 15) is 18.0 Å². The maximum atomic E-state index is 13.8. The van der Waals surface area contributed by atoms with Gasteiger partial charge in [-0.15, -0.1) is 0 Å². The molecule has 0 spiro atoms.